The summed E-state index contributed by atoms with van der Waals surface area (Å²) < 4.78 is 1.61. The van der Waals surface area contributed by atoms with Gasteiger partial charge in [-0.1, -0.05) is 0 Å². The average molecular weight is 399 g/mol. The maximum atomic E-state index is 12.7. The SMILES string of the molecule is Cc1cc(NC(=O)N2CCC(n3cn[nH]c3=O)CC2)cnc1N1CCCC[C@@H]1C. The van der Waals surface area contributed by atoms with Gasteiger partial charge < -0.3 is 15.1 Å². The van der Waals surface area contributed by atoms with Crippen LogP contribution in [0.3, 0.4) is 0 Å². The second-order valence-corrected chi connectivity index (χ2v) is 8.12. The molecule has 156 valence electrons. The summed E-state index contributed by atoms with van der Waals surface area (Å²) in [6, 6.07) is 2.46. The first kappa shape index (κ1) is 19.5. The number of aromatic amines is 1. The number of pyridine rings is 1. The minimum absolute atomic E-state index is 0.0834. The number of rotatable bonds is 3. The van der Waals surface area contributed by atoms with E-state index in [0.717, 1.165) is 30.8 Å². The number of urea groups is 1. The summed E-state index contributed by atoms with van der Waals surface area (Å²) in [5, 5.41) is 9.18. The van der Waals surface area contributed by atoms with E-state index in [2.05, 4.69) is 32.3 Å². The highest BCUT2D eigenvalue weighted by molar-refractivity contribution is 5.89. The Kier molecular flexibility index (Phi) is 5.55. The third kappa shape index (κ3) is 4.13. The molecule has 2 fully saturated rings. The maximum absolute atomic E-state index is 12.7. The Balaban J connectivity index is 1.36. The molecule has 0 saturated carbocycles. The molecule has 2 aromatic heterocycles. The van der Waals surface area contributed by atoms with Gasteiger partial charge in [-0.3, -0.25) is 4.57 Å². The topological polar surface area (TPSA) is 99.2 Å². The number of anilines is 2. The molecule has 29 heavy (non-hydrogen) atoms. The number of hydrogen-bond donors (Lipinski definition) is 2. The lowest BCUT2D eigenvalue weighted by molar-refractivity contribution is 0.183. The standard InChI is InChI=1S/C20H29N7O2/c1-14-11-16(12-21-18(14)26-8-4-3-5-15(26)2)23-19(28)25-9-6-17(7-10-25)27-13-22-24-20(27)29/h11-13,15,17H,3-10H2,1-2H3,(H,23,28)(H,24,29)/t15-/m0/s1. The van der Waals surface area contributed by atoms with Crippen molar-refractivity contribution in [2.75, 3.05) is 29.9 Å². The highest BCUT2D eigenvalue weighted by atomic mass is 16.2. The van der Waals surface area contributed by atoms with E-state index in [4.69, 9.17) is 0 Å². The molecule has 9 heteroatoms. The fourth-order valence-corrected chi connectivity index (χ4v) is 4.42. The minimum atomic E-state index is -0.197. The van der Waals surface area contributed by atoms with Crippen LogP contribution in [0.5, 0.6) is 0 Å². The molecule has 4 rings (SSSR count). The van der Waals surface area contributed by atoms with Gasteiger partial charge in [-0.25, -0.2) is 19.7 Å². The van der Waals surface area contributed by atoms with Gasteiger partial charge in [0.2, 0.25) is 0 Å². The van der Waals surface area contributed by atoms with Crippen LogP contribution in [-0.2, 0) is 0 Å². The Hall–Kier alpha value is -2.84. The van der Waals surface area contributed by atoms with E-state index >= 15 is 0 Å². The molecular weight excluding hydrogens is 370 g/mol. The van der Waals surface area contributed by atoms with Crippen LogP contribution in [0, 0.1) is 6.92 Å². The van der Waals surface area contributed by atoms with Gasteiger partial charge in [-0.2, -0.15) is 5.10 Å². The van der Waals surface area contributed by atoms with Crippen LogP contribution in [0.25, 0.3) is 0 Å². The molecule has 0 radical (unpaired) electrons. The van der Waals surface area contributed by atoms with Crippen molar-refractivity contribution >= 4 is 17.5 Å². The van der Waals surface area contributed by atoms with Crippen molar-refractivity contribution in [2.45, 2.75) is 58.0 Å². The number of nitrogens with zero attached hydrogens (tertiary/aromatic N) is 5. The number of hydrogen-bond acceptors (Lipinski definition) is 5. The Bertz CT molecular complexity index is 914. The summed E-state index contributed by atoms with van der Waals surface area (Å²) in [5.41, 5.74) is 1.60. The zero-order valence-electron chi connectivity index (χ0n) is 17.1. The molecule has 1 atom stereocenters. The number of likely N-dealkylation sites (tertiary alicyclic amines) is 1. The molecule has 0 aromatic carbocycles. The molecule has 2 aliphatic heterocycles. The first-order valence-electron chi connectivity index (χ1n) is 10.4. The first-order chi connectivity index (χ1) is 14.0. The second kappa shape index (κ2) is 8.26. The minimum Gasteiger partial charge on any atom is -0.354 e. The van der Waals surface area contributed by atoms with E-state index < -0.39 is 0 Å². The van der Waals surface area contributed by atoms with E-state index in [1.54, 1.807) is 15.7 Å². The Morgan fingerprint density at radius 1 is 1.21 bits per heavy atom. The number of amides is 2. The van der Waals surface area contributed by atoms with Gasteiger partial charge >= 0.3 is 11.7 Å². The summed E-state index contributed by atoms with van der Waals surface area (Å²) in [7, 11) is 0. The van der Waals surface area contributed by atoms with Gasteiger partial charge in [0.15, 0.2) is 0 Å². The highest BCUT2D eigenvalue weighted by Gasteiger charge is 2.25. The summed E-state index contributed by atoms with van der Waals surface area (Å²) >= 11 is 0. The monoisotopic (exact) mass is 399 g/mol. The summed E-state index contributed by atoms with van der Waals surface area (Å²) in [6.07, 6.45) is 8.41. The summed E-state index contributed by atoms with van der Waals surface area (Å²) in [6.45, 7) is 6.54. The van der Waals surface area contributed by atoms with E-state index in [1.165, 1.54) is 25.6 Å². The fraction of sp³-hybridized carbons (Fsp3) is 0.600. The van der Waals surface area contributed by atoms with E-state index in [0.29, 0.717) is 24.8 Å². The van der Waals surface area contributed by atoms with Gasteiger partial charge in [0.05, 0.1) is 11.9 Å². The predicted molar refractivity (Wildman–Crippen MR) is 111 cm³/mol. The zero-order valence-corrected chi connectivity index (χ0v) is 17.1. The molecule has 0 unspecified atom stereocenters. The lowest BCUT2D eigenvalue weighted by atomic mass is 10.0. The third-order valence-electron chi connectivity index (χ3n) is 6.10. The Morgan fingerprint density at radius 3 is 2.66 bits per heavy atom. The van der Waals surface area contributed by atoms with Crippen molar-refractivity contribution in [3.63, 3.8) is 0 Å². The van der Waals surface area contributed by atoms with Crippen LogP contribution in [0.4, 0.5) is 16.3 Å². The first-order valence-corrected chi connectivity index (χ1v) is 10.4. The lowest BCUT2D eigenvalue weighted by Crippen LogP contribution is -2.42. The van der Waals surface area contributed by atoms with Gasteiger partial charge in [0, 0.05) is 31.7 Å². The van der Waals surface area contributed by atoms with Crippen LogP contribution in [-0.4, -0.2) is 56.4 Å². The second-order valence-electron chi connectivity index (χ2n) is 8.12. The van der Waals surface area contributed by atoms with Crippen LogP contribution >= 0.6 is 0 Å². The molecule has 2 aliphatic rings. The molecule has 9 nitrogen and oxygen atoms in total. The highest BCUT2D eigenvalue weighted by Crippen LogP contribution is 2.27. The lowest BCUT2D eigenvalue weighted by Gasteiger charge is -2.35. The molecule has 0 aliphatic carbocycles. The zero-order chi connectivity index (χ0) is 20.4. The molecule has 0 bridgehead atoms. The Labute approximate surface area is 170 Å². The average Bonchev–Trinajstić information content (AvgIpc) is 3.15. The number of aryl methyl sites for hydroxylation is 1. The number of carbonyl (C=O) groups excluding carboxylic acids is 1. The number of aromatic nitrogens is 4. The number of H-pyrrole nitrogens is 1. The summed E-state index contributed by atoms with van der Waals surface area (Å²) in [4.78, 5) is 33.2. The van der Waals surface area contributed by atoms with Crippen molar-refractivity contribution in [3.8, 4) is 0 Å². The van der Waals surface area contributed by atoms with Crippen LogP contribution in [0.1, 0.15) is 50.6 Å². The molecule has 2 aromatic rings. The van der Waals surface area contributed by atoms with Crippen LogP contribution in [0.15, 0.2) is 23.4 Å². The normalized spacial score (nSPS) is 20.7. The van der Waals surface area contributed by atoms with Crippen molar-refractivity contribution in [1.29, 1.82) is 0 Å². The van der Waals surface area contributed by atoms with Crippen LogP contribution < -0.4 is 15.9 Å². The van der Waals surface area contributed by atoms with E-state index in [9.17, 15) is 9.59 Å². The molecular formula is C20H29N7O2. The molecule has 4 heterocycles. The van der Waals surface area contributed by atoms with E-state index in [1.807, 2.05) is 13.0 Å². The molecule has 0 spiro atoms. The van der Waals surface area contributed by atoms with Crippen LogP contribution in [0.2, 0.25) is 0 Å². The molecule has 2 saturated heterocycles. The van der Waals surface area contributed by atoms with Gasteiger partial charge in [0.25, 0.3) is 0 Å². The fourth-order valence-electron chi connectivity index (χ4n) is 4.42. The van der Waals surface area contributed by atoms with Crippen molar-refractivity contribution in [1.82, 2.24) is 24.6 Å². The maximum Gasteiger partial charge on any atom is 0.343 e. The number of nitrogens with one attached hydrogen (secondary N) is 2. The molecule has 2 N–H and O–H groups in total. The molecule has 2 amide bonds. The van der Waals surface area contributed by atoms with Gasteiger partial charge in [-0.05, 0) is 57.6 Å². The third-order valence-corrected chi connectivity index (χ3v) is 6.10. The van der Waals surface area contributed by atoms with Crippen molar-refractivity contribution in [2.24, 2.45) is 0 Å². The number of piperidine rings is 2. The Morgan fingerprint density at radius 2 is 2.00 bits per heavy atom. The summed E-state index contributed by atoms with van der Waals surface area (Å²) in [5.74, 6) is 1.02. The van der Waals surface area contributed by atoms with Crippen molar-refractivity contribution < 1.29 is 4.79 Å². The van der Waals surface area contributed by atoms with Gasteiger partial charge in [0.1, 0.15) is 12.1 Å². The smallest absolute Gasteiger partial charge is 0.343 e. The van der Waals surface area contributed by atoms with E-state index in [-0.39, 0.29) is 17.8 Å². The number of carbonyl (C=O) groups is 1. The largest absolute Gasteiger partial charge is 0.354 e. The predicted octanol–water partition coefficient (Wildman–Crippen LogP) is 2.52. The van der Waals surface area contributed by atoms with Gasteiger partial charge in [-0.15, -0.1) is 0 Å². The quantitative estimate of drug-likeness (QED) is 0.826. The van der Waals surface area contributed by atoms with Crippen molar-refractivity contribution in [3.05, 3.63) is 34.6 Å².